The van der Waals surface area contributed by atoms with E-state index in [4.69, 9.17) is 18.9 Å². The van der Waals surface area contributed by atoms with E-state index in [1.165, 1.54) is 340 Å². The average molecular weight is 1420 g/mol. The van der Waals surface area contributed by atoms with Crippen molar-refractivity contribution in [2.45, 2.75) is 498 Å². The van der Waals surface area contributed by atoms with Crippen molar-refractivity contribution < 1.29 is 64.6 Å². The summed E-state index contributed by atoms with van der Waals surface area (Å²) in [6.07, 6.45) is 75.3. The molecule has 9 N–H and O–H groups in total. The van der Waals surface area contributed by atoms with Crippen LogP contribution >= 0.6 is 0 Å². The molecule has 0 aromatic carbocycles. The van der Waals surface area contributed by atoms with Gasteiger partial charge in [-0.2, -0.15) is 0 Å². The molecule has 2 rings (SSSR count). The van der Waals surface area contributed by atoms with Crippen molar-refractivity contribution in [2.75, 3.05) is 19.8 Å². The van der Waals surface area contributed by atoms with Crippen LogP contribution in [0.2, 0.25) is 0 Å². The lowest BCUT2D eigenvalue weighted by Crippen LogP contribution is -2.65. The van der Waals surface area contributed by atoms with Gasteiger partial charge >= 0.3 is 0 Å². The van der Waals surface area contributed by atoms with Gasteiger partial charge in [0.2, 0.25) is 5.91 Å². The van der Waals surface area contributed by atoms with E-state index in [2.05, 4.69) is 43.5 Å². The molecule has 0 bridgehead atoms. The predicted molar refractivity (Wildman–Crippen MR) is 415 cm³/mol. The van der Waals surface area contributed by atoms with Crippen LogP contribution in [0.15, 0.2) is 24.3 Å². The van der Waals surface area contributed by atoms with Crippen LogP contribution in [-0.2, 0) is 23.7 Å². The molecule has 0 aromatic rings. The minimum Gasteiger partial charge on any atom is -0.394 e. The molecule has 14 nitrogen and oxygen atoms in total. The highest BCUT2D eigenvalue weighted by atomic mass is 16.7. The lowest BCUT2D eigenvalue weighted by molar-refractivity contribution is -0.359. The summed E-state index contributed by atoms with van der Waals surface area (Å²) in [5, 5.41) is 88.0. The van der Waals surface area contributed by atoms with Gasteiger partial charge in [0.25, 0.3) is 0 Å². The van der Waals surface area contributed by atoms with Gasteiger partial charge in [-0.05, 0) is 44.9 Å². The van der Waals surface area contributed by atoms with Crippen molar-refractivity contribution in [3.05, 3.63) is 24.3 Å². The Hall–Kier alpha value is -1.53. The number of ether oxygens (including phenoxy) is 4. The number of carbonyl (C=O) groups is 1. The first-order valence-corrected chi connectivity index (χ1v) is 43.6. The Balaban J connectivity index is 1.57. The lowest BCUT2D eigenvalue weighted by Gasteiger charge is -2.46. The Morgan fingerprint density at radius 3 is 1.00 bits per heavy atom. The van der Waals surface area contributed by atoms with Crippen LogP contribution in [0.4, 0.5) is 0 Å². The molecule has 0 spiro atoms. The third-order valence-electron chi connectivity index (χ3n) is 21.7. The molecule has 0 aliphatic carbocycles. The highest BCUT2D eigenvalue weighted by molar-refractivity contribution is 5.76. The van der Waals surface area contributed by atoms with Gasteiger partial charge in [-0.25, -0.2) is 0 Å². The first-order chi connectivity index (χ1) is 49.1. The molecule has 1 amide bonds. The molecule has 0 saturated carbocycles. The third kappa shape index (κ3) is 52.5. The van der Waals surface area contributed by atoms with Gasteiger partial charge in [0.05, 0.1) is 32.0 Å². The van der Waals surface area contributed by atoms with Crippen molar-refractivity contribution in [1.82, 2.24) is 5.32 Å². The highest BCUT2D eigenvalue weighted by Gasteiger charge is 2.51. The van der Waals surface area contributed by atoms with E-state index in [9.17, 15) is 45.6 Å². The van der Waals surface area contributed by atoms with Crippen molar-refractivity contribution >= 4 is 5.91 Å². The number of rotatable bonds is 75. The fourth-order valence-electron chi connectivity index (χ4n) is 14.8. The smallest absolute Gasteiger partial charge is 0.220 e. The Morgan fingerprint density at radius 1 is 0.360 bits per heavy atom. The van der Waals surface area contributed by atoms with Crippen molar-refractivity contribution in [1.29, 1.82) is 0 Å². The zero-order valence-corrected chi connectivity index (χ0v) is 65.2. The van der Waals surface area contributed by atoms with Crippen LogP contribution in [0, 0.1) is 0 Å². The molecule has 2 aliphatic rings. The molecule has 12 unspecified atom stereocenters. The molecule has 14 heteroatoms. The summed E-state index contributed by atoms with van der Waals surface area (Å²) in [6, 6.07) is -0.828. The van der Waals surface area contributed by atoms with Gasteiger partial charge in [-0.15, -0.1) is 0 Å². The molecule has 2 heterocycles. The van der Waals surface area contributed by atoms with Crippen LogP contribution < -0.4 is 5.32 Å². The number of unbranched alkanes of at least 4 members (excludes halogenated alkanes) is 58. The van der Waals surface area contributed by atoms with Gasteiger partial charge < -0.3 is 65.1 Å². The number of carbonyl (C=O) groups excluding carboxylic acids is 1. The van der Waals surface area contributed by atoms with Crippen LogP contribution in [0.25, 0.3) is 0 Å². The minimum atomic E-state index is -1.78. The van der Waals surface area contributed by atoms with Crippen molar-refractivity contribution in [3.63, 3.8) is 0 Å². The number of hydrogen-bond donors (Lipinski definition) is 9. The maximum atomic E-state index is 13.4. The summed E-state index contributed by atoms with van der Waals surface area (Å²) in [5.41, 5.74) is 0. The van der Waals surface area contributed by atoms with Crippen LogP contribution in [0.5, 0.6) is 0 Å². The predicted octanol–water partition coefficient (Wildman–Crippen LogP) is 20.6. The second-order valence-corrected chi connectivity index (χ2v) is 31.0. The van der Waals surface area contributed by atoms with Gasteiger partial charge in [0, 0.05) is 6.42 Å². The summed E-state index contributed by atoms with van der Waals surface area (Å²) in [4.78, 5) is 13.4. The van der Waals surface area contributed by atoms with Crippen molar-refractivity contribution in [2.24, 2.45) is 0 Å². The monoisotopic (exact) mass is 1420 g/mol. The second kappa shape index (κ2) is 70.5. The maximum absolute atomic E-state index is 13.4. The number of aliphatic hydroxyl groups is 8. The van der Waals surface area contributed by atoms with Gasteiger partial charge in [-0.3, -0.25) is 4.79 Å². The van der Waals surface area contributed by atoms with E-state index in [0.29, 0.717) is 12.8 Å². The number of amides is 1. The topological polar surface area (TPSA) is 228 Å². The van der Waals surface area contributed by atoms with E-state index in [1.807, 2.05) is 0 Å². The van der Waals surface area contributed by atoms with Gasteiger partial charge in [0.15, 0.2) is 12.6 Å². The number of nitrogens with one attached hydrogen (secondary N) is 1. The minimum absolute atomic E-state index is 0.196. The second-order valence-electron chi connectivity index (χ2n) is 31.0. The zero-order valence-electron chi connectivity index (χ0n) is 65.2. The number of hydrogen-bond acceptors (Lipinski definition) is 13. The maximum Gasteiger partial charge on any atom is 0.220 e. The Labute approximate surface area is 615 Å². The molecule has 2 fully saturated rings. The third-order valence-corrected chi connectivity index (χ3v) is 21.7. The normalized spacial score (nSPS) is 21.9. The standard InChI is InChI=1S/C86H165NO13/c1-3-5-7-9-11-13-15-17-19-21-23-25-27-29-31-33-35-36-37-38-40-42-44-46-48-50-52-54-56-58-60-62-64-66-68-70-78(91)87-74(73-97-85-83(96)81(94)84(77(72-89)99-85)100-86-82(95)80(93)79(92)76(71-88)98-86)75(90)69-67-65-63-61-59-57-55-53-51-49-47-45-43-41-39-34-32-30-28-26-24-22-20-18-16-14-12-10-8-6-4-2/h15,17,21,23,74-77,79-86,88-90,92-96H,3-14,16,18-20,22,24-73H2,1-2H3,(H,87,91)/b17-15-,23-21-. The quantitative estimate of drug-likeness (QED) is 0.0204. The average Bonchev–Trinajstić information content (AvgIpc) is 0.790. The lowest BCUT2D eigenvalue weighted by atomic mass is 9.97. The molecule has 100 heavy (non-hydrogen) atoms. The van der Waals surface area contributed by atoms with E-state index in [1.54, 1.807) is 0 Å². The molecular weight excluding hydrogens is 1250 g/mol. The molecule has 2 aliphatic heterocycles. The van der Waals surface area contributed by atoms with Gasteiger partial charge in [-0.1, -0.05) is 398 Å². The molecule has 0 radical (unpaired) electrons. The fourth-order valence-corrected chi connectivity index (χ4v) is 14.8. The largest absolute Gasteiger partial charge is 0.394 e. The van der Waals surface area contributed by atoms with E-state index < -0.39 is 86.8 Å². The fraction of sp³-hybridized carbons (Fsp3) is 0.942. The highest BCUT2D eigenvalue weighted by Crippen LogP contribution is 2.31. The summed E-state index contributed by atoms with van der Waals surface area (Å²) < 4.78 is 23.0. The Kier molecular flexibility index (Phi) is 66.6. The van der Waals surface area contributed by atoms with Crippen LogP contribution in [0.3, 0.4) is 0 Å². The van der Waals surface area contributed by atoms with Crippen molar-refractivity contribution in [3.8, 4) is 0 Å². The molecule has 12 atom stereocenters. The van der Waals surface area contributed by atoms with E-state index in [-0.39, 0.29) is 12.5 Å². The summed E-state index contributed by atoms with van der Waals surface area (Å²) in [6.45, 7) is 2.93. The number of allylic oxidation sites excluding steroid dienone is 4. The Morgan fingerprint density at radius 2 is 0.660 bits per heavy atom. The molecule has 592 valence electrons. The zero-order chi connectivity index (χ0) is 72.2. The van der Waals surface area contributed by atoms with Crippen LogP contribution in [-0.4, -0.2) is 140 Å². The first-order valence-electron chi connectivity index (χ1n) is 43.6. The summed E-state index contributed by atoms with van der Waals surface area (Å²) >= 11 is 0. The molecular formula is C86H165NO13. The summed E-state index contributed by atoms with van der Waals surface area (Å²) in [5.74, 6) is -0.196. The first kappa shape index (κ1) is 94.6. The molecule has 2 saturated heterocycles. The molecule has 0 aromatic heterocycles. The van der Waals surface area contributed by atoms with E-state index >= 15 is 0 Å². The van der Waals surface area contributed by atoms with E-state index in [0.717, 1.165) is 57.8 Å². The van der Waals surface area contributed by atoms with Crippen LogP contribution in [0.1, 0.15) is 425 Å². The Bertz CT molecular complexity index is 1770. The SMILES string of the molecule is CCCCCCC/C=C\C/C=C\CCCCCCCCCCCCCCCCCCCCCCCCCC(=O)NC(COC1OC(CO)C(OC2OC(CO)C(O)C(O)C2O)C(O)C1O)C(O)CCCCCCCCCCCCCCCCCCCCCCCCCCCCCCCCC. The van der Waals surface area contributed by atoms with Gasteiger partial charge in [0.1, 0.15) is 48.8 Å². The number of aliphatic hydroxyl groups excluding tert-OH is 8. The summed E-state index contributed by atoms with van der Waals surface area (Å²) in [7, 11) is 0.